The molecule has 7 nitrogen and oxygen atoms in total. The number of hydrogen-bond acceptors (Lipinski definition) is 7. The van der Waals surface area contributed by atoms with Gasteiger partial charge in [-0.3, -0.25) is 0 Å². The van der Waals surface area contributed by atoms with Crippen LogP contribution in [-0.4, -0.2) is 48.7 Å². The van der Waals surface area contributed by atoms with Gasteiger partial charge in [-0.1, -0.05) is 5.10 Å². The lowest BCUT2D eigenvalue weighted by atomic mass is 10.1. The normalized spacial score (nSPS) is 19.6. The first-order valence-corrected chi connectivity index (χ1v) is 8.10. The summed E-state index contributed by atoms with van der Waals surface area (Å²) in [6.07, 6.45) is 0. The number of aromatic nitrogens is 2. The second-order valence-electron chi connectivity index (χ2n) is 5.72. The van der Waals surface area contributed by atoms with Gasteiger partial charge in [-0.2, -0.15) is 0 Å². The van der Waals surface area contributed by atoms with Crippen LogP contribution in [0.25, 0.3) is 0 Å². The minimum atomic E-state index is -2.89. The second-order valence-corrected chi connectivity index (χ2v) is 8.02. The summed E-state index contributed by atoms with van der Waals surface area (Å²) >= 11 is 0. The Morgan fingerprint density at radius 3 is 2.47 bits per heavy atom. The molecule has 2 heterocycles. The summed E-state index contributed by atoms with van der Waals surface area (Å²) in [4.78, 5) is 1.81. The number of anilines is 1. The summed E-state index contributed by atoms with van der Waals surface area (Å²) in [6.45, 7) is 7.50. The highest BCUT2D eigenvalue weighted by Crippen LogP contribution is 2.15. The molecule has 1 aromatic rings. The van der Waals surface area contributed by atoms with Gasteiger partial charge in [-0.05, 0) is 20.8 Å². The van der Waals surface area contributed by atoms with Crippen LogP contribution in [0, 0.1) is 0 Å². The fourth-order valence-electron chi connectivity index (χ4n) is 1.69. The summed E-state index contributed by atoms with van der Waals surface area (Å²) in [5.74, 6) is 0.800. The van der Waals surface area contributed by atoms with Crippen LogP contribution in [0.3, 0.4) is 0 Å². The van der Waals surface area contributed by atoms with Crippen LogP contribution in [0.4, 0.5) is 6.01 Å². The van der Waals surface area contributed by atoms with Crippen LogP contribution in [-0.2, 0) is 16.4 Å². The maximum absolute atomic E-state index is 11.3. The van der Waals surface area contributed by atoms with Crippen LogP contribution in [0.5, 0.6) is 0 Å². The molecule has 2 rings (SSSR count). The van der Waals surface area contributed by atoms with Crippen LogP contribution in [0.15, 0.2) is 4.42 Å². The quantitative estimate of drug-likeness (QED) is 0.849. The monoisotopic (exact) mass is 288 g/mol. The maximum Gasteiger partial charge on any atom is 0.318 e. The van der Waals surface area contributed by atoms with Gasteiger partial charge in [0.05, 0.1) is 18.1 Å². The van der Waals surface area contributed by atoms with Gasteiger partial charge in [0.25, 0.3) is 0 Å². The van der Waals surface area contributed by atoms with Gasteiger partial charge in [0.2, 0.25) is 5.89 Å². The van der Waals surface area contributed by atoms with Gasteiger partial charge in [0, 0.05) is 18.6 Å². The first-order chi connectivity index (χ1) is 8.75. The molecule has 0 unspecified atom stereocenters. The largest absolute Gasteiger partial charge is 0.407 e. The Labute approximate surface area is 113 Å². The van der Waals surface area contributed by atoms with Crippen LogP contribution in [0.2, 0.25) is 0 Å². The highest BCUT2D eigenvalue weighted by molar-refractivity contribution is 7.91. The second kappa shape index (κ2) is 5.09. The minimum Gasteiger partial charge on any atom is -0.407 e. The Bertz CT molecular complexity index is 518. The Kier molecular flexibility index (Phi) is 3.82. The van der Waals surface area contributed by atoms with Gasteiger partial charge in [-0.25, -0.2) is 8.42 Å². The average Bonchev–Trinajstić information content (AvgIpc) is 2.74. The molecule has 1 aliphatic rings. The molecule has 1 saturated heterocycles. The third kappa shape index (κ3) is 4.17. The van der Waals surface area contributed by atoms with E-state index in [9.17, 15) is 8.42 Å². The lowest BCUT2D eigenvalue weighted by Gasteiger charge is -2.24. The zero-order valence-corrected chi connectivity index (χ0v) is 12.3. The Hall–Kier alpha value is -1.15. The number of rotatable bonds is 3. The van der Waals surface area contributed by atoms with E-state index in [0.717, 1.165) is 0 Å². The predicted molar refractivity (Wildman–Crippen MR) is 71.8 cm³/mol. The molecule has 0 radical (unpaired) electrons. The molecule has 0 aliphatic carbocycles. The molecule has 0 amide bonds. The third-order valence-corrected chi connectivity index (χ3v) is 4.45. The molecule has 19 heavy (non-hydrogen) atoms. The molecular weight excluding hydrogens is 268 g/mol. The minimum absolute atomic E-state index is 0.0200. The van der Waals surface area contributed by atoms with Crippen molar-refractivity contribution in [1.82, 2.24) is 15.5 Å². The van der Waals surface area contributed by atoms with Crippen LogP contribution < -0.4 is 10.2 Å². The summed E-state index contributed by atoms with van der Waals surface area (Å²) in [6, 6.07) is 0.403. The summed E-state index contributed by atoms with van der Waals surface area (Å²) in [5.41, 5.74) is -0.0200. The molecule has 1 aliphatic heterocycles. The molecule has 0 atom stereocenters. The zero-order valence-electron chi connectivity index (χ0n) is 11.5. The highest BCUT2D eigenvalue weighted by Gasteiger charge is 2.25. The van der Waals surface area contributed by atoms with Gasteiger partial charge < -0.3 is 14.6 Å². The van der Waals surface area contributed by atoms with Crippen molar-refractivity contribution < 1.29 is 12.8 Å². The molecule has 0 saturated carbocycles. The van der Waals surface area contributed by atoms with E-state index in [4.69, 9.17) is 4.42 Å². The smallest absolute Gasteiger partial charge is 0.318 e. The molecule has 8 heteroatoms. The molecule has 0 bridgehead atoms. The number of sulfone groups is 1. The lowest BCUT2D eigenvalue weighted by molar-refractivity contribution is 0.380. The molecule has 1 fully saturated rings. The average molecular weight is 288 g/mol. The Balaban J connectivity index is 1.94. The van der Waals surface area contributed by atoms with Gasteiger partial charge in [-0.15, -0.1) is 5.10 Å². The molecular formula is C11H20N4O3S. The predicted octanol–water partition coefficient (Wildman–Crippen LogP) is 0.193. The fraction of sp³-hybridized carbons (Fsp3) is 0.818. The SMILES string of the molecule is CC(C)(C)NCc1nnc(N2CCS(=O)(=O)CC2)o1. The molecule has 0 aromatic carbocycles. The van der Waals surface area contributed by atoms with Crippen molar-refractivity contribution in [3.63, 3.8) is 0 Å². The number of hydrogen-bond donors (Lipinski definition) is 1. The van der Waals surface area contributed by atoms with Gasteiger partial charge in [0.15, 0.2) is 9.84 Å². The Morgan fingerprint density at radius 2 is 1.89 bits per heavy atom. The van der Waals surface area contributed by atoms with E-state index < -0.39 is 9.84 Å². The van der Waals surface area contributed by atoms with E-state index in [1.807, 2.05) is 4.90 Å². The zero-order chi connectivity index (χ0) is 14.1. The Morgan fingerprint density at radius 1 is 1.26 bits per heavy atom. The fourth-order valence-corrected chi connectivity index (χ4v) is 2.89. The van der Waals surface area contributed by atoms with Crippen molar-refractivity contribution in [3.05, 3.63) is 5.89 Å². The first kappa shape index (κ1) is 14.3. The summed E-state index contributed by atoms with van der Waals surface area (Å²) in [5, 5.41) is 11.2. The number of nitrogens with one attached hydrogen (secondary N) is 1. The van der Waals surface area contributed by atoms with Crippen molar-refractivity contribution in [3.8, 4) is 0 Å². The molecule has 1 N–H and O–H groups in total. The highest BCUT2D eigenvalue weighted by atomic mass is 32.2. The topological polar surface area (TPSA) is 88.3 Å². The third-order valence-electron chi connectivity index (χ3n) is 2.84. The van der Waals surface area contributed by atoms with E-state index in [1.165, 1.54) is 0 Å². The number of nitrogens with zero attached hydrogens (tertiary/aromatic N) is 3. The summed E-state index contributed by atoms with van der Waals surface area (Å²) in [7, 11) is -2.89. The maximum atomic E-state index is 11.3. The van der Waals surface area contributed by atoms with E-state index in [0.29, 0.717) is 31.5 Å². The van der Waals surface area contributed by atoms with E-state index in [-0.39, 0.29) is 17.0 Å². The van der Waals surface area contributed by atoms with Crippen LogP contribution >= 0.6 is 0 Å². The molecule has 0 spiro atoms. The van der Waals surface area contributed by atoms with Crippen LogP contribution in [0.1, 0.15) is 26.7 Å². The van der Waals surface area contributed by atoms with Crippen molar-refractivity contribution in [2.75, 3.05) is 29.5 Å². The van der Waals surface area contributed by atoms with Crippen molar-refractivity contribution in [2.45, 2.75) is 32.9 Å². The van der Waals surface area contributed by atoms with Crippen molar-refractivity contribution in [1.29, 1.82) is 0 Å². The molecule has 108 valence electrons. The van der Waals surface area contributed by atoms with Crippen molar-refractivity contribution in [2.24, 2.45) is 0 Å². The summed E-state index contributed by atoms with van der Waals surface area (Å²) < 4.78 is 28.2. The standard InChI is InChI=1S/C11H20N4O3S/c1-11(2,3)12-8-9-13-14-10(18-9)15-4-6-19(16,17)7-5-15/h12H,4-8H2,1-3H3. The van der Waals surface area contributed by atoms with E-state index >= 15 is 0 Å². The van der Waals surface area contributed by atoms with Gasteiger partial charge in [0.1, 0.15) is 0 Å². The lowest BCUT2D eigenvalue weighted by Crippen LogP contribution is -2.40. The van der Waals surface area contributed by atoms with E-state index in [1.54, 1.807) is 0 Å². The first-order valence-electron chi connectivity index (χ1n) is 6.28. The molecule has 1 aromatic heterocycles. The van der Waals surface area contributed by atoms with Gasteiger partial charge >= 0.3 is 6.01 Å². The van der Waals surface area contributed by atoms with Crippen molar-refractivity contribution >= 4 is 15.9 Å². The van der Waals surface area contributed by atoms with E-state index in [2.05, 4.69) is 36.3 Å².